The minimum absolute atomic E-state index is 0.282. The number of thiazole rings is 1. The standard InChI is InChI=1S/C14H16ClFN2OS/c1-9(2)8-19-13-4-3-10(5-12(13)16)17-6-11-7-18-14(15)20-11/h3-5,7,9,17H,6,8H2,1-2H3. The lowest BCUT2D eigenvalue weighted by Crippen LogP contribution is -2.06. The van der Waals surface area contributed by atoms with Gasteiger partial charge in [0.1, 0.15) is 0 Å². The van der Waals surface area contributed by atoms with Crippen LogP contribution in [-0.4, -0.2) is 11.6 Å². The maximum absolute atomic E-state index is 13.8. The van der Waals surface area contributed by atoms with Gasteiger partial charge in [0.25, 0.3) is 0 Å². The number of aromatic nitrogens is 1. The van der Waals surface area contributed by atoms with E-state index in [4.69, 9.17) is 16.3 Å². The molecule has 0 atom stereocenters. The van der Waals surface area contributed by atoms with E-state index >= 15 is 0 Å². The zero-order valence-corrected chi connectivity index (χ0v) is 12.9. The molecule has 6 heteroatoms. The number of nitrogens with one attached hydrogen (secondary N) is 1. The third-order valence-corrected chi connectivity index (χ3v) is 3.61. The van der Waals surface area contributed by atoms with Gasteiger partial charge in [-0.1, -0.05) is 25.4 Å². The van der Waals surface area contributed by atoms with Crippen LogP contribution in [0.15, 0.2) is 24.4 Å². The molecule has 2 aromatic rings. The highest BCUT2D eigenvalue weighted by molar-refractivity contribution is 7.15. The van der Waals surface area contributed by atoms with Crippen molar-refractivity contribution in [3.8, 4) is 5.75 Å². The number of halogens is 2. The summed E-state index contributed by atoms with van der Waals surface area (Å²) in [5, 5.41) is 3.12. The summed E-state index contributed by atoms with van der Waals surface area (Å²) in [7, 11) is 0. The summed E-state index contributed by atoms with van der Waals surface area (Å²) in [6.07, 6.45) is 1.70. The smallest absolute Gasteiger partial charge is 0.183 e. The highest BCUT2D eigenvalue weighted by Gasteiger charge is 2.06. The van der Waals surface area contributed by atoms with Crippen LogP contribution in [0.2, 0.25) is 4.47 Å². The Labute approximate surface area is 126 Å². The summed E-state index contributed by atoms with van der Waals surface area (Å²) < 4.78 is 19.7. The summed E-state index contributed by atoms with van der Waals surface area (Å²) in [6, 6.07) is 4.86. The first-order valence-electron chi connectivity index (χ1n) is 6.31. The molecule has 0 bridgehead atoms. The van der Waals surface area contributed by atoms with Crippen LogP contribution in [0.25, 0.3) is 0 Å². The number of benzene rings is 1. The van der Waals surface area contributed by atoms with Crippen molar-refractivity contribution in [1.82, 2.24) is 4.98 Å². The molecule has 0 saturated heterocycles. The minimum Gasteiger partial charge on any atom is -0.490 e. The molecule has 20 heavy (non-hydrogen) atoms. The molecule has 0 amide bonds. The maximum atomic E-state index is 13.8. The van der Waals surface area contributed by atoms with Crippen LogP contribution in [0.4, 0.5) is 10.1 Å². The summed E-state index contributed by atoms with van der Waals surface area (Å²) in [6.45, 7) is 5.11. The van der Waals surface area contributed by atoms with Gasteiger partial charge in [0.15, 0.2) is 16.0 Å². The normalized spacial score (nSPS) is 10.8. The molecule has 108 valence electrons. The number of rotatable bonds is 6. The molecule has 0 aliphatic carbocycles. The van der Waals surface area contributed by atoms with Crippen LogP contribution in [0, 0.1) is 11.7 Å². The average Bonchev–Trinajstić information content (AvgIpc) is 2.81. The van der Waals surface area contributed by atoms with E-state index in [9.17, 15) is 4.39 Å². The quantitative estimate of drug-likeness (QED) is 0.847. The first-order chi connectivity index (χ1) is 9.54. The lowest BCUT2D eigenvalue weighted by atomic mass is 10.2. The highest BCUT2D eigenvalue weighted by Crippen LogP contribution is 2.23. The molecular weight excluding hydrogens is 299 g/mol. The molecule has 0 saturated carbocycles. The second-order valence-electron chi connectivity index (χ2n) is 4.78. The van der Waals surface area contributed by atoms with Gasteiger partial charge in [-0.3, -0.25) is 0 Å². The van der Waals surface area contributed by atoms with Crippen molar-refractivity contribution in [2.45, 2.75) is 20.4 Å². The number of hydrogen-bond donors (Lipinski definition) is 1. The van der Waals surface area contributed by atoms with E-state index in [1.54, 1.807) is 18.3 Å². The molecule has 0 aliphatic rings. The molecule has 0 aliphatic heterocycles. The molecule has 0 fully saturated rings. The zero-order chi connectivity index (χ0) is 14.5. The van der Waals surface area contributed by atoms with Crippen LogP contribution in [0.1, 0.15) is 18.7 Å². The Morgan fingerprint density at radius 1 is 1.45 bits per heavy atom. The van der Waals surface area contributed by atoms with Crippen LogP contribution < -0.4 is 10.1 Å². The van der Waals surface area contributed by atoms with Gasteiger partial charge in [0, 0.05) is 22.8 Å². The predicted octanol–water partition coefficient (Wildman–Crippen LogP) is 4.58. The third kappa shape index (κ3) is 4.35. The largest absolute Gasteiger partial charge is 0.490 e. The summed E-state index contributed by atoms with van der Waals surface area (Å²) in [5.74, 6) is 0.284. The minimum atomic E-state index is -0.363. The summed E-state index contributed by atoms with van der Waals surface area (Å²) in [4.78, 5) is 4.95. The molecule has 0 spiro atoms. The van der Waals surface area contributed by atoms with Gasteiger partial charge in [-0.2, -0.15) is 0 Å². The van der Waals surface area contributed by atoms with Crippen LogP contribution >= 0.6 is 22.9 Å². The fourth-order valence-corrected chi connectivity index (χ4v) is 2.46. The Hall–Kier alpha value is -1.33. The van der Waals surface area contributed by atoms with Crippen molar-refractivity contribution in [3.63, 3.8) is 0 Å². The summed E-state index contributed by atoms with van der Waals surface area (Å²) >= 11 is 7.15. The fourth-order valence-electron chi connectivity index (χ4n) is 1.54. The van der Waals surface area contributed by atoms with Gasteiger partial charge in [0.2, 0.25) is 0 Å². The molecule has 3 nitrogen and oxygen atoms in total. The summed E-state index contributed by atoms with van der Waals surface area (Å²) in [5.41, 5.74) is 0.698. The van der Waals surface area contributed by atoms with E-state index in [1.165, 1.54) is 17.4 Å². The van der Waals surface area contributed by atoms with Crippen molar-refractivity contribution in [1.29, 1.82) is 0 Å². The molecule has 0 unspecified atom stereocenters. The second kappa shape index (κ2) is 6.90. The predicted molar refractivity (Wildman–Crippen MR) is 81.2 cm³/mol. The molecule has 1 heterocycles. The van der Waals surface area contributed by atoms with Gasteiger partial charge in [-0.05, 0) is 18.1 Å². The number of anilines is 1. The van der Waals surface area contributed by atoms with Crippen molar-refractivity contribution in [2.24, 2.45) is 5.92 Å². The lowest BCUT2D eigenvalue weighted by molar-refractivity contribution is 0.259. The Morgan fingerprint density at radius 3 is 2.85 bits per heavy atom. The Balaban J connectivity index is 1.94. The monoisotopic (exact) mass is 314 g/mol. The van der Waals surface area contributed by atoms with Crippen molar-refractivity contribution < 1.29 is 9.13 Å². The van der Waals surface area contributed by atoms with Crippen LogP contribution in [0.5, 0.6) is 5.75 Å². The SMILES string of the molecule is CC(C)COc1ccc(NCc2cnc(Cl)s2)cc1F. The molecule has 0 radical (unpaired) electrons. The third-order valence-electron chi connectivity index (χ3n) is 2.50. The Bertz CT molecular complexity index is 574. The van der Waals surface area contributed by atoms with Crippen LogP contribution in [0.3, 0.4) is 0 Å². The van der Waals surface area contributed by atoms with E-state index in [2.05, 4.69) is 10.3 Å². The average molecular weight is 315 g/mol. The van der Waals surface area contributed by atoms with Crippen LogP contribution in [-0.2, 0) is 6.54 Å². The number of nitrogens with zero attached hydrogens (tertiary/aromatic N) is 1. The van der Waals surface area contributed by atoms with E-state index in [-0.39, 0.29) is 11.6 Å². The van der Waals surface area contributed by atoms with E-state index in [0.717, 1.165) is 4.88 Å². The fraction of sp³-hybridized carbons (Fsp3) is 0.357. The second-order valence-corrected chi connectivity index (χ2v) is 6.48. The number of ether oxygens (including phenoxy) is 1. The molecular formula is C14H16ClFN2OS. The van der Waals surface area contributed by atoms with Gasteiger partial charge in [-0.15, -0.1) is 11.3 Å². The number of hydrogen-bond acceptors (Lipinski definition) is 4. The molecule has 2 rings (SSSR count). The maximum Gasteiger partial charge on any atom is 0.183 e. The molecule has 1 aromatic heterocycles. The van der Waals surface area contributed by atoms with Crippen molar-refractivity contribution in [2.75, 3.05) is 11.9 Å². The van der Waals surface area contributed by atoms with E-state index in [0.29, 0.717) is 29.2 Å². The molecule has 1 N–H and O–H groups in total. The Kier molecular flexibility index (Phi) is 5.20. The highest BCUT2D eigenvalue weighted by atomic mass is 35.5. The first kappa shape index (κ1) is 15.1. The van der Waals surface area contributed by atoms with E-state index in [1.807, 2.05) is 13.8 Å². The van der Waals surface area contributed by atoms with Gasteiger partial charge < -0.3 is 10.1 Å². The lowest BCUT2D eigenvalue weighted by Gasteiger charge is -2.11. The van der Waals surface area contributed by atoms with Gasteiger partial charge in [-0.25, -0.2) is 9.37 Å². The zero-order valence-electron chi connectivity index (χ0n) is 11.3. The Morgan fingerprint density at radius 2 is 2.25 bits per heavy atom. The first-order valence-corrected chi connectivity index (χ1v) is 7.50. The van der Waals surface area contributed by atoms with Crippen molar-refractivity contribution >= 4 is 28.6 Å². The van der Waals surface area contributed by atoms with Gasteiger partial charge >= 0.3 is 0 Å². The topological polar surface area (TPSA) is 34.1 Å². The van der Waals surface area contributed by atoms with E-state index < -0.39 is 0 Å². The van der Waals surface area contributed by atoms with Gasteiger partial charge in [0.05, 0.1) is 13.2 Å². The van der Waals surface area contributed by atoms with Crippen molar-refractivity contribution in [3.05, 3.63) is 39.6 Å². The molecule has 1 aromatic carbocycles.